The lowest BCUT2D eigenvalue weighted by Crippen LogP contribution is -2.12. The van der Waals surface area contributed by atoms with Gasteiger partial charge in [0.25, 0.3) is 0 Å². The van der Waals surface area contributed by atoms with E-state index in [1.165, 1.54) is 0 Å². The third-order valence-electron chi connectivity index (χ3n) is 4.01. The topological polar surface area (TPSA) is 78.3 Å². The fourth-order valence-corrected chi connectivity index (χ4v) is 2.97. The Labute approximate surface area is 188 Å². The molecule has 0 bridgehead atoms. The maximum Gasteiger partial charge on any atom is 0.336 e. The molecule has 10 heteroatoms. The zero-order chi connectivity index (χ0) is 21.5. The minimum Gasteiger partial charge on any atom is -0.462 e. The van der Waals surface area contributed by atoms with Gasteiger partial charge >= 0.3 is 6.01 Å². The van der Waals surface area contributed by atoms with Crippen LogP contribution in [0.5, 0.6) is 6.01 Å². The number of nitrogens with zero attached hydrogens (tertiary/aromatic N) is 3. The van der Waals surface area contributed by atoms with Gasteiger partial charge in [-0.15, -0.1) is 16.7 Å². The van der Waals surface area contributed by atoms with Crippen molar-refractivity contribution in [3.63, 3.8) is 0 Å². The molecule has 1 aromatic heterocycles. The van der Waals surface area contributed by atoms with E-state index in [9.17, 15) is 4.79 Å². The molecule has 0 unspecified atom stereocenters. The van der Waals surface area contributed by atoms with E-state index in [0.717, 1.165) is 11.3 Å². The summed E-state index contributed by atoms with van der Waals surface area (Å²) in [5.74, 6) is 0.136. The Balaban J connectivity index is 1.93. The summed E-state index contributed by atoms with van der Waals surface area (Å²) >= 11 is 17.8. The molecule has 1 heterocycles. The summed E-state index contributed by atoms with van der Waals surface area (Å²) in [6, 6.07) is 12.5. The zero-order valence-electron chi connectivity index (χ0n) is 16.1. The average molecular weight is 470 g/mol. The van der Waals surface area contributed by atoms with E-state index in [1.54, 1.807) is 54.3 Å². The second-order valence-electron chi connectivity index (χ2n) is 6.18. The van der Waals surface area contributed by atoms with E-state index >= 15 is 0 Å². The number of anilines is 1. The third kappa shape index (κ3) is 5.64. The van der Waals surface area contributed by atoms with Crippen molar-refractivity contribution < 1.29 is 14.3 Å². The molecule has 7 nitrogen and oxygen atoms in total. The number of carbonyl (C=O) groups excluding carboxylic acids is 1. The lowest BCUT2D eigenvalue weighted by Gasteiger charge is -2.08. The first-order valence-corrected chi connectivity index (χ1v) is 10.3. The molecule has 1 amide bonds. The first-order valence-electron chi connectivity index (χ1n) is 9.02. The summed E-state index contributed by atoms with van der Waals surface area (Å²) in [6.45, 7) is 0.998. The Bertz CT molecular complexity index is 1010. The van der Waals surface area contributed by atoms with Crippen molar-refractivity contribution in [2.75, 3.05) is 31.5 Å². The van der Waals surface area contributed by atoms with Crippen LogP contribution in [0.15, 0.2) is 42.5 Å². The molecule has 3 aromatic rings. The van der Waals surface area contributed by atoms with Crippen molar-refractivity contribution in [3.05, 3.63) is 52.5 Å². The van der Waals surface area contributed by atoms with Gasteiger partial charge in [0, 0.05) is 31.4 Å². The number of amides is 1. The summed E-state index contributed by atoms with van der Waals surface area (Å²) in [5.41, 5.74) is 2.07. The maximum atomic E-state index is 11.5. The maximum absolute atomic E-state index is 11.5. The fourth-order valence-electron chi connectivity index (χ4n) is 2.60. The molecule has 1 N–H and O–H groups in total. The predicted octanol–water partition coefficient (Wildman–Crippen LogP) is 4.83. The number of carbonyl (C=O) groups is 1. The minimum atomic E-state index is -0.284. The first-order chi connectivity index (χ1) is 14.5. The molecule has 0 saturated carbocycles. The third-order valence-corrected chi connectivity index (χ3v) is 4.99. The van der Waals surface area contributed by atoms with Gasteiger partial charge in [-0.05, 0) is 42.5 Å². The molecule has 158 valence electrons. The normalized spacial score (nSPS) is 10.8. The summed E-state index contributed by atoms with van der Waals surface area (Å²) < 4.78 is 12.3. The van der Waals surface area contributed by atoms with Crippen LogP contribution in [0.1, 0.15) is 6.42 Å². The highest BCUT2D eigenvalue weighted by atomic mass is 35.5. The molecule has 0 fully saturated rings. The van der Waals surface area contributed by atoms with E-state index in [2.05, 4.69) is 15.4 Å². The number of methoxy groups -OCH3 is 1. The van der Waals surface area contributed by atoms with E-state index in [4.69, 9.17) is 44.3 Å². The number of hydrogen-bond donors (Lipinski definition) is 1. The molecule has 0 saturated heterocycles. The van der Waals surface area contributed by atoms with Gasteiger partial charge in [-0.2, -0.15) is 4.98 Å². The van der Waals surface area contributed by atoms with Crippen LogP contribution < -0.4 is 10.1 Å². The van der Waals surface area contributed by atoms with E-state index in [0.29, 0.717) is 41.2 Å². The number of ether oxygens (including phenoxy) is 2. The molecular formula is C20H19Cl3N4O3. The SMILES string of the molecule is COCCCOc1nc(-c2ccc(Cl)c(Cl)c2)n(-c2ccc(NC(=O)CCl)cc2)n1. The van der Waals surface area contributed by atoms with Crippen LogP contribution in [-0.4, -0.2) is 46.9 Å². The van der Waals surface area contributed by atoms with E-state index in [1.807, 2.05) is 0 Å². The van der Waals surface area contributed by atoms with Gasteiger partial charge in [0.05, 0.1) is 22.3 Å². The van der Waals surface area contributed by atoms with Gasteiger partial charge in [0.2, 0.25) is 5.91 Å². The molecule has 0 spiro atoms. The number of hydrogen-bond acceptors (Lipinski definition) is 5. The zero-order valence-corrected chi connectivity index (χ0v) is 18.3. The van der Waals surface area contributed by atoms with E-state index < -0.39 is 0 Å². The van der Waals surface area contributed by atoms with Crippen molar-refractivity contribution in [1.29, 1.82) is 0 Å². The second kappa shape index (κ2) is 10.6. The highest BCUT2D eigenvalue weighted by Gasteiger charge is 2.16. The Kier molecular flexibility index (Phi) is 7.93. The quantitative estimate of drug-likeness (QED) is 0.358. The lowest BCUT2D eigenvalue weighted by molar-refractivity contribution is -0.113. The molecule has 0 radical (unpaired) electrons. The second-order valence-corrected chi connectivity index (χ2v) is 7.26. The molecule has 3 rings (SSSR count). The smallest absolute Gasteiger partial charge is 0.336 e. The van der Waals surface area contributed by atoms with Crippen LogP contribution in [-0.2, 0) is 9.53 Å². The standard InChI is InChI=1S/C20H19Cl3N4O3/c1-29-9-2-10-30-20-25-19(13-3-8-16(22)17(23)11-13)27(26-20)15-6-4-14(5-7-15)24-18(28)12-21/h3-8,11H,2,9-10,12H2,1H3,(H,24,28). The van der Waals surface area contributed by atoms with Crippen LogP contribution in [0.25, 0.3) is 17.1 Å². The number of aromatic nitrogens is 3. The van der Waals surface area contributed by atoms with Crippen molar-refractivity contribution >= 4 is 46.4 Å². The highest BCUT2D eigenvalue weighted by molar-refractivity contribution is 6.42. The number of halogens is 3. The molecule has 0 aliphatic heterocycles. The van der Waals surface area contributed by atoms with Gasteiger partial charge in [-0.3, -0.25) is 4.79 Å². The van der Waals surface area contributed by atoms with Gasteiger partial charge < -0.3 is 14.8 Å². The van der Waals surface area contributed by atoms with Gasteiger partial charge in [-0.25, -0.2) is 4.68 Å². The van der Waals surface area contributed by atoms with Crippen molar-refractivity contribution in [2.45, 2.75) is 6.42 Å². The van der Waals surface area contributed by atoms with E-state index in [-0.39, 0.29) is 17.8 Å². The molecule has 0 aliphatic carbocycles. The number of nitrogens with one attached hydrogen (secondary N) is 1. The van der Waals surface area contributed by atoms with Crippen LogP contribution in [0.4, 0.5) is 5.69 Å². The number of rotatable bonds is 9. The van der Waals surface area contributed by atoms with Crippen molar-refractivity contribution in [2.24, 2.45) is 0 Å². The Hall–Kier alpha value is -2.32. The molecule has 0 atom stereocenters. The van der Waals surface area contributed by atoms with Crippen LogP contribution in [0, 0.1) is 0 Å². The van der Waals surface area contributed by atoms with Crippen LogP contribution >= 0.6 is 34.8 Å². The van der Waals surface area contributed by atoms with Gasteiger partial charge in [0.1, 0.15) is 5.88 Å². The molecule has 30 heavy (non-hydrogen) atoms. The predicted molar refractivity (Wildman–Crippen MR) is 118 cm³/mol. The van der Waals surface area contributed by atoms with Crippen molar-refractivity contribution in [3.8, 4) is 23.1 Å². The Morgan fingerprint density at radius 3 is 2.53 bits per heavy atom. The number of benzene rings is 2. The minimum absolute atomic E-state index is 0.115. The van der Waals surface area contributed by atoms with Gasteiger partial charge in [-0.1, -0.05) is 23.2 Å². The summed E-state index contributed by atoms with van der Waals surface area (Å²) in [5, 5.41) is 8.02. The summed E-state index contributed by atoms with van der Waals surface area (Å²) in [7, 11) is 1.63. The highest BCUT2D eigenvalue weighted by Crippen LogP contribution is 2.30. The number of alkyl halides is 1. The average Bonchev–Trinajstić information content (AvgIpc) is 3.18. The Morgan fingerprint density at radius 1 is 1.10 bits per heavy atom. The fraction of sp³-hybridized carbons (Fsp3) is 0.250. The summed E-state index contributed by atoms with van der Waals surface area (Å²) in [6.07, 6.45) is 0.710. The largest absolute Gasteiger partial charge is 0.462 e. The van der Waals surface area contributed by atoms with Gasteiger partial charge in [0.15, 0.2) is 5.82 Å². The molecular weight excluding hydrogens is 451 g/mol. The first kappa shape index (κ1) is 22.4. The van der Waals surface area contributed by atoms with Crippen LogP contribution in [0.3, 0.4) is 0 Å². The summed E-state index contributed by atoms with van der Waals surface area (Å²) in [4.78, 5) is 16.0. The van der Waals surface area contributed by atoms with Crippen molar-refractivity contribution in [1.82, 2.24) is 14.8 Å². The Morgan fingerprint density at radius 2 is 1.87 bits per heavy atom. The lowest BCUT2D eigenvalue weighted by atomic mass is 10.2. The molecule has 0 aliphatic rings. The monoisotopic (exact) mass is 468 g/mol. The molecule has 2 aromatic carbocycles. The van der Waals surface area contributed by atoms with Crippen LogP contribution in [0.2, 0.25) is 10.0 Å².